The van der Waals surface area contributed by atoms with Gasteiger partial charge < -0.3 is 4.74 Å². The van der Waals surface area contributed by atoms with Crippen molar-refractivity contribution in [2.45, 2.75) is 12.8 Å². The highest BCUT2D eigenvalue weighted by Crippen LogP contribution is 2.36. The molecule has 6 nitrogen and oxygen atoms in total. The molecule has 10 heteroatoms. The zero-order valence-electron chi connectivity index (χ0n) is 20.0. The minimum Gasteiger partial charge on any atom is -0.489 e. The Morgan fingerprint density at radius 3 is 2.44 bits per heavy atom. The number of anilines is 1. The maximum absolute atomic E-state index is 13.2. The van der Waals surface area contributed by atoms with Crippen molar-refractivity contribution >= 4 is 52.0 Å². The number of hydrogen-bond donors (Lipinski definition) is 1. The van der Waals surface area contributed by atoms with Crippen LogP contribution < -0.4 is 15.0 Å². The number of rotatable bonds is 5. The first kappa shape index (κ1) is 26.0. The van der Waals surface area contributed by atoms with Gasteiger partial charge in [-0.2, -0.15) is 13.2 Å². The van der Waals surface area contributed by atoms with Crippen LogP contribution in [0.3, 0.4) is 0 Å². The van der Waals surface area contributed by atoms with E-state index in [1.807, 2.05) is 47.8 Å². The minimum absolute atomic E-state index is 0.261. The van der Waals surface area contributed by atoms with Gasteiger partial charge in [0.05, 0.1) is 16.3 Å². The van der Waals surface area contributed by atoms with E-state index in [4.69, 9.17) is 16.3 Å². The normalized spacial score (nSPS) is 15.1. The first-order chi connectivity index (χ1) is 18.6. The summed E-state index contributed by atoms with van der Waals surface area (Å²) in [5.41, 5.74) is -0.714. The van der Waals surface area contributed by atoms with Crippen LogP contribution in [0.1, 0.15) is 16.7 Å². The number of hydrogen-bond acceptors (Lipinski definition) is 4. The fourth-order valence-corrected chi connectivity index (χ4v) is 4.38. The molecule has 5 rings (SSSR count). The maximum atomic E-state index is 13.2. The van der Waals surface area contributed by atoms with E-state index in [0.717, 1.165) is 28.5 Å². The summed E-state index contributed by atoms with van der Waals surface area (Å²) in [4.78, 5) is 38.6. The number of imide groups is 2. The van der Waals surface area contributed by atoms with Gasteiger partial charge in [0.25, 0.3) is 11.8 Å². The van der Waals surface area contributed by atoms with E-state index in [2.05, 4.69) is 0 Å². The van der Waals surface area contributed by atoms with E-state index in [1.54, 1.807) is 24.3 Å². The molecule has 0 saturated carbocycles. The summed E-state index contributed by atoms with van der Waals surface area (Å²) < 4.78 is 45.7. The summed E-state index contributed by atoms with van der Waals surface area (Å²) in [6, 6.07) is 21.3. The highest BCUT2D eigenvalue weighted by atomic mass is 35.5. The average Bonchev–Trinajstić information content (AvgIpc) is 2.90. The van der Waals surface area contributed by atoms with Crippen LogP contribution in [0.15, 0.2) is 90.5 Å². The number of carbonyl (C=O) groups excluding carboxylic acids is 3. The number of carbonyl (C=O) groups is 3. The van der Waals surface area contributed by atoms with Crippen molar-refractivity contribution < 1.29 is 32.3 Å². The first-order valence-electron chi connectivity index (χ1n) is 11.6. The number of nitrogens with zero attached hydrogens (tertiary/aromatic N) is 1. The number of urea groups is 1. The number of barbiturate groups is 1. The number of benzene rings is 4. The lowest BCUT2D eigenvalue weighted by atomic mass is 10.1. The van der Waals surface area contributed by atoms with E-state index < -0.39 is 40.8 Å². The first-order valence-corrected chi connectivity index (χ1v) is 12.0. The number of ether oxygens (including phenoxy) is 1. The van der Waals surface area contributed by atoms with Gasteiger partial charge in [-0.3, -0.25) is 14.9 Å². The molecule has 1 heterocycles. The van der Waals surface area contributed by atoms with Crippen LogP contribution in [0, 0.1) is 0 Å². The molecule has 4 aromatic carbocycles. The molecule has 0 spiro atoms. The molecule has 196 valence electrons. The minimum atomic E-state index is -4.74. The second-order valence-corrected chi connectivity index (χ2v) is 9.03. The Labute approximate surface area is 225 Å². The number of halogens is 4. The molecule has 0 radical (unpaired) electrons. The Morgan fingerprint density at radius 2 is 1.64 bits per heavy atom. The summed E-state index contributed by atoms with van der Waals surface area (Å²) in [6.07, 6.45) is -3.51. The largest absolute Gasteiger partial charge is 0.489 e. The summed E-state index contributed by atoms with van der Waals surface area (Å²) in [6.45, 7) is 0.261. The van der Waals surface area contributed by atoms with Gasteiger partial charge >= 0.3 is 12.2 Å². The highest BCUT2D eigenvalue weighted by Gasteiger charge is 2.39. The maximum Gasteiger partial charge on any atom is 0.416 e. The monoisotopic (exact) mass is 550 g/mol. The fraction of sp³-hybridized carbons (Fsp3) is 0.0690. The molecule has 1 aliphatic rings. The Kier molecular flexibility index (Phi) is 6.84. The quantitative estimate of drug-likeness (QED) is 0.220. The summed E-state index contributed by atoms with van der Waals surface area (Å²) in [5.74, 6) is -1.66. The Balaban J connectivity index is 1.42. The van der Waals surface area contributed by atoms with Gasteiger partial charge in [-0.1, -0.05) is 66.2 Å². The van der Waals surface area contributed by atoms with Crippen LogP contribution in [0.2, 0.25) is 5.02 Å². The Bertz CT molecular complexity index is 1660. The molecule has 4 aromatic rings. The second-order valence-electron chi connectivity index (χ2n) is 8.62. The van der Waals surface area contributed by atoms with E-state index in [1.165, 1.54) is 6.08 Å². The zero-order chi connectivity index (χ0) is 27.7. The molecular formula is C29H18ClF3N2O4. The van der Waals surface area contributed by atoms with Gasteiger partial charge in [0.2, 0.25) is 0 Å². The van der Waals surface area contributed by atoms with E-state index >= 15 is 0 Å². The van der Waals surface area contributed by atoms with E-state index in [9.17, 15) is 27.6 Å². The van der Waals surface area contributed by atoms with E-state index in [-0.39, 0.29) is 11.6 Å². The van der Waals surface area contributed by atoms with Crippen LogP contribution in [-0.2, 0) is 22.4 Å². The molecule has 1 aliphatic heterocycles. The Morgan fingerprint density at radius 1 is 0.897 bits per heavy atom. The molecule has 0 aliphatic carbocycles. The molecule has 0 atom stereocenters. The van der Waals surface area contributed by atoms with Crippen molar-refractivity contribution in [1.82, 2.24) is 5.32 Å². The third-order valence-electron chi connectivity index (χ3n) is 6.06. The van der Waals surface area contributed by atoms with Crippen LogP contribution >= 0.6 is 11.6 Å². The zero-order valence-corrected chi connectivity index (χ0v) is 20.7. The van der Waals surface area contributed by atoms with Crippen LogP contribution in [0.25, 0.3) is 16.8 Å². The van der Waals surface area contributed by atoms with Crippen LogP contribution in [0.4, 0.5) is 23.7 Å². The van der Waals surface area contributed by atoms with Crippen LogP contribution in [0.5, 0.6) is 5.75 Å². The second kappa shape index (κ2) is 10.3. The van der Waals surface area contributed by atoms with Gasteiger partial charge in [-0.25, -0.2) is 9.69 Å². The molecule has 1 N–H and O–H groups in total. The highest BCUT2D eigenvalue weighted by molar-refractivity contribution is 6.42. The van der Waals surface area contributed by atoms with Gasteiger partial charge in [-0.15, -0.1) is 0 Å². The predicted molar refractivity (Wildman–Crippen MR) is 140 cm³/mol. The Hall–Kier alpha value is -4.63. The molecule has 0 aromatic heterocycles. The number of alkyl halides is 3. The van der Waals surface area contributed by atoms with Crippen LogP contribution in [-0.4, -0.2) is 17.8 Å². The van der Waals surface area contributed by atoms with Crippen molar-refractivity contribution in [3.05, 3.63) is 112 Å². The van der Waals surface area contributed by atoms with Crippen molar-refractivity contribution in [2.24, 2.45) is 0 Å². The third-order valence-corrected chi connectivity index (χ3v) is 6.38. The lowest BCUT2D eigenvalue weighted by Crippen LogP contribution is -2.54. The van der Waals surface area contributed by atoms with Crippen molar-refractivity contribution in [3.63, 3.8) is 0 Å². The number of fused-ring (bicyclic) bond motifs is 1. The van der Waals surface area contributed by atoms with E-state index in [0.29, 0.717) is 22.3 Å². The number of nitrogens with one attached hydrogen (secondary N) is 1. The van der Waals surface area contributed by atoms with Gasteiger partial charge in [0.15, 0.2) is 0 Å². The average molecular weight is 551 g/mol. The van der Waals surface area contributed by atoms with Gasteiger partial charge in [0.1, 0.15) is 17.9 Å². The molecular weight excluding hydrogens is 533 g/mol. The standard InChI is InChI=1S/C29H18ClF3N2O4/c30-24-12-11-20(29(31,32)33)15-25(24)35-27(37)23(26(36)34-28(35)38)14-17-5-3-9-21(13-17)39-16-19-8-4-7-18-6-1-2-10-22(18)19/h1-15H,16H2,(H,34,36,38)/b23-14+. The third kappa shape index (κ3) is 5.35. The number of amides is 4. The predicted octanol–water partition coefficient (Wildman–Crippen LogP) is 6.76. The lowest BCUT2D eigenvalue weighted by molar-refractivity contribution is -0.137. The summed E-state index contributed by atoms with van der Waals surface area (Å²) in [5, 5.41) is 3.82. The lowest BCUT2D eigenvalue weighted by Gasteiger charge is -2.27. The topological polar surface area (TPSA) is 75.7 Å². The van der Waals surface area contributed by atoms with Gasteiger partial charge in [0, 0.05) is 0 Å². The van der Waals surface area contributed by atoms with Crippen molar-refractivity contribution in [1.29, 1.82) is 0 Å². The molecule has 1 fully saturated rings. The summed E-state index contributed by atoms with van der Waals surface area (Å²) >= 11 is 6.03. The fourth-order valence-electron chi connectivity index (χ4n) is 4.18. The molecule has 1 saturated heterocycles. The molecule has 0 unspecified atom stereocenters. The molecule has 39 heavy (non-hydrogen) atoms. The van der Waals surface area contributed by atoms with Crippen molar-refractivity contribution in [3.8, 4) is 5.75 Å². The summed E-state index contributed by atoms with van der Waals surface area (Å²) in [7, 11) is 0. The van der Waals surface area contributed by atoms with Gasteiger partial charge in [-0.05, 0) is 58.3 Å². The molecule has 4 amide bonds. The van der Waals surface area contributed by atoms with Crippen molar-refractivity contribution in [2.75, 3.05) is 4.90 Å². The SMILES string of the molecule is O=C1NC(=O)N(c2cc(C(F)(F)F)ccc2Cl)C(=O)/C1=C/c1cccc(OCc2cccc3ccccc23)c1. The smallest absolute Gasteiger partial charge is 0.416 e. The molecule has 0 bridgehead atoms.